The van der Waals surface area contributed by atoms with E-state index in [1.807, 2.05) is 0 Å². The molecule has 3 rings (SSSR count). The summed E-state index contributed by atoms with van der Waals surface area (Å²) >= 11 is 0. The van der Waals surface area contributed by atoms with Crippen LogP contribution in [-0.2, 0) is 14.4 Å². The van der Waals surface area contributed by atoms with Crippen molar-refractivity contribution >= 4 is 29.7 Å². The standard InChI is InChI=1S/C13H8N2O6/c16-9-5-6-10(17)15(9)21-13(20)14-11(18)7-3-1-2-4-8(7)12(14)19/h1-4H,5-6H2. The predicted octanol–water partition coefficient (Wildman–Crippen LogP) is 0.483. The van der Waals surface area contributed by atoms with Crippen LogP contribution in [0.5, 0.6) is 0 Å². The molecule has 0 spiro atoms. The average Bonchev–Trinajstić information content (AvgIpc) is 2.91. The fourth-order valence-electron chi connectivity index (χ4n) is 2.13. The summed E-state index contributed by atoms with van der Waals surface area (Å²) < 4.78 is 0. The van der Waals surface area contributed by atoms with Crippen molar-refractivity contribution in [2.75, 3.05) is 0 Å². The van der Waals surface area contributed by atoms with Crippen LogP contribution in [0.4, 0.5) is 4.79 Å². The molecular weight excluding hydrogens is 280 g/mol. The van der Waals surface area contributed by atoms with Crippen LogP contribution < -0.4 is 0 Å². The number of hydroxylamine groups is 2. The highest BCUT2D eigenvalue weighted by molar-refractivity contribution is 6.28. The van der Waals surface area contributed by atoms with E-state index < -0.39 is 29.7 Å². The molecule has 0 bridgehead atoms. The SMILES string of the molecule is O=C1CCC(=O)N1OC(=O)N1C(=O)c2ccccc2C1=O. The van der Waals surface area contributed by atoms with E-state index >= 15 is 0 Å². The summed E-state index contributed by atoms with van der Waals surface area (Å²) in [6.07, 6.45) is -1.52. The minimum Gasteiger partial charge on any atom is -0.310 e. The molecular formula is C13H8N2O6. The first-order valence-corrected chi connectivity index (χ1v) is 6.06. The van der Waals surface area contributed by atoms with Crippen LogP contribution in [0.15, 0.2) is 24.3 Å². The van der Waals surface area contributed by atoms with Crippen molar-refractivity contribution in [1.82, 2.24) is 9.96 Å². The maximum Gasteiger partial charge on any atom is 0.449 e. The van der Waals surface area contributed by atoms with Crippen LogP contribution in [0.2, 0.25) is 0 Å². The van der Waals surface area contributed by atoms with Gasteiger partial charge in [0.15, 0.2) is 0 Å². The van der Waals surface area contributed by atoms with Crippen LogP contribution in [0.3, 0.4) is 0 Å². The lowest BCUT2D eigenvalue weighted by Gasteiger charge is -2.16. The van der Waals surface area contributed by atoms with Crippen molar-refractivity contribution in [1.29, 1.82) is 0 Å². The second kappa shape index (κ2) is 4.51. The largest absolute Gasteiger partial charge is 0.449 e. The first-order chi connectivity index (χ1) is 10.0. The Kier molecular flexibility index (Phi) is 2.79. The molecule has 1 aromatic carbocycles. The summed E-state index contributed by atoms with van der Waals surface area (Å²) in [4.78, 5) is 63.5. The first-order valence-electron chi connectivity index (χ1n) is 6.06. The zero-order valence-corrected chi connectivity index (χ0v) is 10.6. The molecule has 8 heteroatoms. The molecule has 2 heterocycles. The molecule has 1 fully saturated rings. The summed E-state index contributed by atoms with van der Waals surface area (Å²) in [5.41, 5.74) is 0.136. The highest BCUT2D eigenvalue weighted by atomic mass is 16.7. The first kappa shape index (κ1) is 13.0. The van der Waals surface area contributed by atoms with Crippen molar-refractivity contribution in [3.8, 4) is 0 Å². The summed E-state index contributed by atoms with van der Waals surface area (Å²) in [6, 6.07) is 5.89. The number of fused-ring (bicyclic) bond motifs is 1. The molecule has 0 N–H and O–H groups in total. The molecule has 106 valence electrons. The average molecular weight is 288 g/mol. The third kappa shape index (κ3) is 1.88. The van der Waals surface area contributed by atoms with Gasteiger partial charge in [-0.15, -0.1) is 5.06 Å². The molecule has 1 saturated heterocycles. The summed E-state index contributed by atoms with van der Waals surface area (Å²) in [7, 11) is 0. The number of hydrogen-bond donors (Lipinski definition) is 0. The van der Waals surface area contributed by atoms with Gasteiger partial charge in [-0.25, -0.2) is 4.79 Å². The van der Waals surface area contributed by atoms with E-state index in [1.165, 1.54) is 12.1 Å². The molecule has 21 heavy (non-hydrogen) atoms. The Labute approximate surface area is 117 Å². The second-order valence-corrected chi connectivity index (χ2v) is 4.43. The Morgan fingerprint density at radius 3 is 1.86 bits per heavy atom. The normalized spacial score (nSPS) is 17.5. The predicted molar refractivity (Wildman–Crippen MR) is 64.5 cm³/mol. The zero-order valence-electron chi connectivity index (χ0n) is 10.6. The van der Waals surface area contributed by atoms with Gasteiger partial charge in [0.25, 0.3) is 23.6 Å². The van der Waals surface area contributed by atoms with E-state index in [-0.39, 0.29) is 33.9 Å². The molecule has 1 aromatic rings. The maximum atomic E-state index is 12.0. The fourth-order valence-corrected chi connectivity index (χ4v) is 2.13. The zero-order chi connectivity index (χ0) is 15.1. The van der Waals surface area contributed by atoms with Crippen LogP contribution >= 0.6 is 0 Å². The Bertz CT molecular complexity index is 659. The monoisotopic (exact) mass is 288 g/mol. The molecule has 0 aromatic heterocycles. The van der Waals surface area contributed by atoms with Crippen molar-refractivity contribution in [2.45, 2.75) is 12.8 Å². The second-order valence-electron chi connectivity index (χ2n) is 4.43. The van der Waals surface area contributed by atoms with Crippen LogP contribution in [-0.4, -0.2) is 39.7 Å². The molecule has 2 aliphatic heterocycles. The van der Waals surface area contributed by atoms with Crippen molar-refractivity contribution in [3.63, 3.8) is 0 Å². The number of benzene rings is 1. The van der Waals surface area contributed by atoms with E-state index in [4.69, 9.17) is 0 Å². The van der Waals surface area contributed by atoms with Crippen molar-refractivity contribution < 1.29 is 28.8 Å². The van der Waals surface area contributed by atoms with Gasteiger partial charge in [0, 0.05) is 12.8 Å². The lowest BCUT2D eigenvalue weighted by molar-refractivity contribution is -0.172. The maximum absolute atomic E-state index is 12.0. The van der Waals surface area contributed by atoms with Gasteiger partial charge in [-0.3, -0.25) is 19.2 Å². The smallest absolute Gasteiger partial charge is 0.310 e. The minimum absolute atomic E-state index is 0.0681. The fraction of sp³-hybridized carbons (Fsp3) is 0.154. The Morgan fingerprint density at radius 2 is 1.38 bits per heavy atom. The van der Waals surface area contributed by atoms with Gasteiger partial charge < -0.3 is 4.84 Å². The van der Waals surface area contributed by atoms with Crippen LogP contribution in [0.25, 0.3) is 0 Å². The van der Waals surface area contributed by atoms with Gasteiger partial charge >= 0.3 is 6.09 Å². The molecule has 5 amide bonds. The van der Waals surface area contributed by atoms with Gasteiger partial charge in [-0.05, 0) is 12.1 Å². The van der Waals surface area contributed by atoms with Gasteiger partial charge in [0.1, 0.15) is 0 Å². The molecule has 8 nitrogen and oxygen atoms in total. The van der Waals surface area contributed by atoms with Crippen LogP contribution in [0.1, 0.15) is 33.6 Å². The van der Waals surface area contributed by atoms with Gasteiger partial charge in [0.05, 0.1) is 11.1 Å². The third-order valence-corrected chi connectivity index (χ3v) is 3.15. The molecule has 2 aliphatic rings. The van der Waals surface area contributed by atoms with E-state index in [2.05, 4.69) is 4.84 Å². The van der Waals surface area contributed by atoms with Gasteiger partial charge in [-0.2, -0.15) is 4.90 Å². The topological polar surface area (TPSA) is 101 Å². The molecule has 0 saturated carbocycles. The Balaban J connectivity index is 1.84. The van der Waals surface area contributed by atoms with E-state index in [9.17, 15) is 24.0 Å². The molecule has 0 unspecified atom stereocenters. The van der Waals surface area contributed by atoms with Crippen molar-refractivity contribution in [3.05, 3.63) is 35.4 Å². The summed E-state index contributed by atoms with van der Waals surface area (Å²) in [5, 5.41) is 0.284. The van der Waals surface area contributed by atoms with E-state index in [1.54, 1.807) is 12.1 Å². The van der Waals surface area contributed by atoms with Gasteiger partial charge in [0.2, 0.25) is 0 Å². The number of amides is 5. The highest BCUT2D eigenvalue weighted by Gasteiger charge is 2.43. The lowest BCUT2D eigenvalue weighted by atomic mass is 10.1. The van der Waals surface area contributed by atoms with E-state index in [0.717, 1.165) is 0 Å². The Morgan fingerprint density at radius 1 is 0.905 bits per heavy atom. The molecule has 0 aliphatic carbocycles. The lowest BCUT2D eigenvalue weighted by Crippen LogP contribution is -2.42. The van der Waals surface area contributed by atoms with E-state index in [0.29, 0.717) is 0 Å². The van der Waals surface area contributed by atoms with Crippen molar-refractivity contribution in [2.24, 2.45) is 0 Å². The number of carbonyl (C=O) groups is 5. The number of rotatable bonds is 1. The number of carbonyl (C=O) groups excluding carboxylic acids is 5. The third-order valence-electron chi connectivity index (χ3n) is 3.15. The Hall–Kier alpha value is -3.03. The quantitative estimate of drug-likeness (QED) is 0.697. The summed E-state index contributed by atoms with van der Waals surface area (Å²) in [5.74, 6) is -3.07. The van der Waals surface area contributed by atoms with Crippen LogP contribution in [0, 0.1) is 0 Å². The molecule has 0 atom stereocenters. The number of nitrogens with zero attached hydrogens (tertiary/aromatic N) is 2. The molecule has 0 radical (unpaired) electrons. The number of hydrogen-bond acceptors (Lipinski definition) is 6. The highest BCUT2D eigenvalue weighted by Crippen LogP contribution is 2.24. The number of imide groups is 4. The van der Waals surface area contributed by atoms with Gasteiger partial charge in [-0.1, -0.05) is 12.1 Å². The minimum atomic E-state index is -1.37. The summed E-state index contributed by atoms with van der Waals surface area (Å²) in [6.45, 7) is 0.